The molecule has 0 bridgehead atoms. The van der Waals surface area contributed by atoms with Crippen LogP contribution in [0.5, 0.6) is 11.5 Å². The summed E-state index contributed by atoms with van der Waals surface area (Å²) in [5.74, 6) is 2.78. The smallest absolute Gasteiger partial charge is 0.238 e. The number of rotatable bonds is 6. The van der Waals surface area contributed by atoms with Gasteiger partial charge in [-0.25, -0.2) is 4.79 Å². The monoisotopic (exact) mass is 298 g/mol. The first kappa shape index (κ1) is 14.9. The van der Waals surface area contributed by atoms with E-state index in [1.165, 1.54) is 0 Å². The Morgan fingerprint density at radius 1 is 1.55 bits per heavy atom. The van der Waals surface area contributed by atoms with Crippen LogP contribution in [0, 0.1) is 0 Å². The Labute approximate surface area is 121 Å². The highest BCUT2D eigenvalue weighted by atomic mass is 35.5. The number of aliphatic hydroxyl groups excluding tert-OH is 1. The van der Waals surface area contributed by atoms with E-state index in [0.717, 1.165) is 0 Å². The Kier molecular flexibility index (Phi) is 5.04. The quantitative estimate of drug-likeness (QED) is 0.639. The van der Waals surface area contributed by atoms with Gasteiger partial charge in [-0.3, -0.25) is 0 Å². The largest absolute Gasteiger partial charge is 0.487 e. The SMILES string of the molecule is CCOC1Oc2c(OCC(O)CCl)cccc2C1=C=O. The molecule has 6 heteroatoms. The Hall–Kier alpha value is -1.52. The van der Waals surface area contributed by atoms with E-state index in [2.05, 4.69) is 0 Å². The van der Waals surface area contributed by atoms with E-state index in [1.54, 1.807) is 18.2 Å². The number of hydrogen-bond acceptors (Lipinski definition) is 5. The molecule has 1 heterocycles. The summed E-state index contributed by atoms with van der Waals surface area (Å²) in [5, 5.41) is 9.41. The average Bonchev–Trinajstić information content (AvgIpc) is 2.82. The second-order valence-electron chi connectivity index (χ2n) is 4.17. The first-order chi connectivity index (χ1) is 9.71. The average molecular weight is 299 g/mol. The van der Waals surface area contributed by atoms with Gasteiger partial charge in [-0.15, -0.1) is 11.6 Å². The highest BCUT2D eigenvalue weighted by Crippen LogP contribution is 2.43. The van der Waals surface area contributed by atoms with Crippen molar-refractivity contribution < 1.29 is 24.1 Å². The molecular formula is C14H15ClO5. The molecule has 0 fully saturated rings. The highest BCUT2D eigenvalue weighted by molar-refractivity contribution is 6.18. The first-order valence-corrected chi connectivity index (χ1v) is 6.78. The van der Waals surface area contributed by atoms with Crippen LogP contribution in [0.2, 0.25) is 0 Å². The van der Waals surface area contributed by atoms with Crippen LogP contribution in [-0.4, -0.2) is 42.5 Å². The van der Waals surface area contributed by atoms with Crippen molar-refractivity contribution in [1.82, 2.24) is 0 Å². The Morgan fingerprint density at radius 3 is 3.00 bits per heavy atom. The molecule has 0 amide bonds. The number of benzene rings is 1. The van der Waals surface area contributed by atoms with Crippen LogP contribution in [-0.2, 0) is 9.53 Å². The lowest BCUT2D eigenvalue weighted by molar-refractivity contribution is -0.0257. The standard InChI is InChI=1S/C14H15ClO5/c1-2-18-14-11(7-16)10-4-3-5-12(13(10)20-14)19-8-9(17)6-15/h3-5,9,14,17H,2,6,8H2,1H3. The molecule has 108 valence electrons. The number of hydrogen-bond donors (Lipinski definition) is 1. The van der Waals surface area contributed by atoms with Crippen LogP contribution in [0.25, 0.3) is 5.57 Å². The summed E-state index contributed by atoms with van der Waals surface area (Å²) in [7, 11) is 0. The third kappa shape index (κ3) is 2.97. The maximum absolute atomic E-state index is 11.1. The summed E-state index contributed by atoms with van der Waals surface area (Å²) in [6.45, 7) is 2.26. The number of halogens is 1. The van der Waals surface area contributed by atoms with E-state index < -0.39 is 12.4 Å². The summed E-state index contributed by atoms with van der Waals surface area (Å²) < 4.78 is 16.4. The molecule has 1 N–H and O–H groups in total. The van der Waals surface area contributed by atoms with Crippen molar-refractivity contribution >= 4 is 23.1 Å². The van der Waals surface area contributed by atoms with Gasteiger partial charge in [0.05, 0.1) is 5.88 Å². The van der Waals surface area contributed by atoms with Crippen molar-refractivity contribution in [3.8, 4) is 11.5 Å². The molecule has 2 rings (SSSR count). The van der Waals surface area contributed by atoms with Crippen LogP contribution in [0.3, 0.4) is 0 Å². The van der Waals surface area contributed by atoms with Crippen LogP contribution < -0.4 is 9.47 Å². The maximum Gasteiger partial charge on any atom is 0.238 e. The van der Waals surface area contributed by atoms with Crippen molar-refractivity contribution in [2.24, 2.45) is 0 Å². The van der Waals surface area contributed by atoms with Crippen LogP contribution in [0.1, 0.15) is 12.5 Å². The molecule has 0 radical (unpaired) electrons. The predicted octanol–water partition coefficient (Wildman–Crippen LogP) is 1.64. The first-order valence-electron chi connectivity index (χ1n) is 6.24. The second kappa shape index (κ2) is 6.77. The van der Waals surface area contributed by atoms with E-state index >= 15 is 0 Å². The van der Waals surface area contributed by atoms with Crippen LogP contribution in [0.15, 0.2) is 18.2 Å². The lowest BCUT2D eigenvalue weighted by Crippen LogP contribution is -2.19. The van der Waals surface area contributed by atoms with Crippen LogP contribution >= 0.6 is 11.6 Å². The van der Waals surface area contributed by atoms with Gasteiger partial charge < -0.3 is 19.3 Å². The number of para-hydroxylation sites is 1. The van der Waals surface area contributed by atoms with E-state index in [1.807, 2.05) is 12.9 Å². The maximum atomic E-state index is 11.1. The molecule has 0 saturated heterocycles. The fraction of sp³-hybridized carbons (Fsp3) is 0.429. The minimum Gasteiger partial charge on any atom is -0.487 e. The molecule has 0 aromatic heterocycles. The zero-order chi connectivity index (χ0) is 14.5. The van der Waals surface area contributed by atoms with Gasteiger partial charge in [-0.1, -0.05) is 6.07 Å². The van der Waals surface area contributed by atoms with Crippen molar-refractivity contribution in [3.63, 3.8) is 0 Å². The predicted molar refractivity (Wildman–Crippen MR) is 73.8 cm³/mol. The molecule has 0 spiro atoms. The van der Waals surface area contributed by atoms with E-state index in [4.69, 9.17) is 25.8 Å². The van der Waals surface area contributed by atoms with Gasteiger partial charge in [0.2, 0.25) is 6.29 Å². The summed E-state index contributed by atoms with van der Waals surface area (Å²) >= 11 is 5.51. The van der Waals surface area contributed by atoms with Gasteiger partial charge in [0.15, 0.2) is 11.5 Å². The van der Waals surface area contributed by atoms with Crippen molar-refractivity contribution in [2.45, 2.75) is 19.3 Å². The van der Waals surface area contributed by atoms with Crippen LogP contribution in [0.4, 0.5) is 0 Å². The lowest BCUT2D eigenvalue weighted by atomic mass is 10.1. The molecule has 0 aliphatic carbocycles. The molecule has 1 aromatic carbocycles. The summed E-state index contributed by atoms with van der Waals surface area (Å²) in [6, 6.07) is 5.16. The third-order valence-corrected chi connectivity index (χ3v) is 3.12. The van der Waals surface area contributed by atoms with Gasteiger partial charge in [0, 0.05) is 12.2 Å². The molecule has 20 heavy (non-hydrogen) atoms. The van der Waals surface area contributed by atoms with Crippen molar-refractivity contribution in [3.05, 3.63) is 23.8 Å². The van der Waals surface area contributed by atoms with E-state index in [-0.39, 0.29) is 12.5 Å². The fourth-order valence-corrected chi connectivity index (χ4v) is 1.95. The highest BCUT2D eigenvalue weighted by Gasteiger charge is 2.33. The van der Waals surface area contributed by atoms with E-state index in [0.29, 0.717) is 29.2 Å². The van der Waals surface area contributed by atoms with Crippen molar-refractivity contribution in [1.29, 1.82) is 0 Å². The minimum absolute atomic E-state index is 0.0444. The second-order valence-corrected chi connectivity index (χ2v) is 4.48. The Morgan fingerprint density at radius 2 is 2.35 bits per heavy atom. The number of alkyl halides is 1. The molecule has 2 atom stereocenters. The fourth-order valence-electron chi connectivity index (χ4n) is 1.86. The number of aliphatic hydroxyl groups is 1. The van der Waals surface area contributed by atoms with Gasteiger partial charge in [-0.05, 0) is 19.1 Å². The summed E-state index contributed by atoms with van der Waals surface area (Å²) in [5.41, 5.74) is 0.904. The van der Waals surface area contributed by atoms with Gasteiger partial charge >= 0.3 is 0 Å². The van der Waals surface area contributed by atoms with Gasteiger partial charge in [0.25, 0.3) is 0 Å². The lowest BCUT2D eigenvalue weighted by Gasteiger charge is -2.13. The van der Waals surface area contributed by atoms with Gasteiger partial charge in [-0.2, -0.15) is 0 Å². The number of fused-ring (bicyclic) bond motifs is 1. The summed E-state index contributed by atoms with van der Waals surface area (Å²) in [4.78, 5) is 11.1. The number of carbonyl (C=O) groups excluding carboxylic acids is 1. The molecular weight excluding hydrogens is 284 g/mol. The topological polar surface area (TPSA) is 65.0 Å². The zero-order valence-corrected chi connectivity index (χ0v) is 11.7. The van der Waals surface area contributed by atoms with Gasteiger partial charge in [0.1, 0.15) is 24.2 Å². The van der Waals surface area contributed by atoms with Crippen molar-refractivity contribution in [2.75, 3.05) is 19.1 Å². The Bertz CT molecular complexity index is 524. The molecule has 2 unspecified atom stereocenters. The minimum atomic E-state index is -0.768. The summed E-state index contributed by atoms with van der Waals surface area (Å²) in [6.07, 6.45) is -1.53. The Balaban J connectivity index is 2.24. The normalized spacial score (nSPS) is 18.1. The molecule has 1 aromatic rings. The third-order valence-electron chi connectivity index (χ3n) is 2.77. The number of ether oxygens (including phenoxy) is 3. The molecule has 1 aliphatic heterocycles. The molecule has 5 nitrogen and oxygen atoms in total. The van der Waals surface area contributed by atoms with E-state index in [9.17, 15) is 9.90 Å². The molecule has 0 saturated carbocycles. The molecule has 1 aliphatic rings. The zero-order valence-electron chi connectivity index (χ0n) is 11.0.